The van der Waals surface area contributed by atoms with Gasteiger partial charge in [0.2, 0.25) is 0 Å². The van der Waals surface area contributed by atoms with Crippen LogP contribution in [0.2, 0.25) is 5.02 Å². The molecule has 0 amide bonds. The Morgan fingerprint density at radius 1 is 1.16 bits per heavy atom. The van der Waals surface area contributed by atoms with Gasteiger partial charge >= 0.3 is 0 Å². The van der Waals surface area contributed by atoms with E-state index in [1.807, 2.05) is 22.7 Å². The molecule has 3 nitrogen and oxygen atoms in total. The number of aromatic nitrogens is 2. The van der Waals surface area contributed by atoms with Gasteiger partial charge in [-0.1, -0.05) is 41.4 Å². The highest BCUT2D eigenvalue weighted by Crippen LogP contribution is 2.25. The van der Waals surface area contributed by atoms with E-state index in [0.717, 1.165) is 22.6 Å². The van der Waals surface area contributed by atoms with Gasteiger partial charge < -0.3 is 10.1 Å². The van der Waals surface area contributed by atoms with Crippen LogP contribution in [-0.4, -0.2) is 9.38 Å². The lowest BCUT2D eigenvalue weighted by molar-refractivity contribution is 0.962. The lowest BCUT2D eigenvalue weighted by Crippen LogP contribution is -2.02. The van der Waals surface area contributed by atoms with Gasteiger partial charge in [0.05, 0.1) is 16.4 Å². The average Bonchev–Trinajstić information content (AvgIpc) is 2.77. The van der Waals surface area contributed by atoms with Gasteiger partial charge in [0.25, 0.3) is 0 Å². The Labute approximate surface area is 116 Å². The van der Waals surface area contributed by atoms with Crippen LogP contribution in [0.1, 0.15) is 11.3 Å². The van der Waals surface area contributed by atoms with Crippen molar-refractivity contribution in [3.63, 3.8) is 0 Å². The number of nitrogens with zero attached hydrogens (tertiary/aromatic N) is 2. The molecule has 2 aromatic heterocycles. The molecular formula is C15H14ClN3. The first-order valence-corrected chi connectivity index (χ1v) is 6.50. The Balaban J connectivity index is 2.25. The molecule has 0 spiro atoms. The second-order valence-electron chi connectivity index (χ2n) is 4.55. The Kier molecular flexibility index (Phi) is 3.01. The highest BCUT2D eigenvalue weighted by Gasteiger charge is 2.12. The largest absolute Gasteiger partial charge is 0.325 e. The minimum Gasteiger partial charge on any atom is -0.325 e. The highest BCUT2D eigenvalue weighted by atomic mass is 35.5. The van der Waals surface area contributed by atoms with E-state index in [1.54, 1.807) is 0 Å². The molecule has 0 aliphatic heterocycles. The molecule has 0 saturated heterocycles. The van der Waals surface area contributed by atoms with Gasteiger partial charge in [0.1, 0.15) is 5.65 Å². The van der Waals surface area contributed by atoms with Crippen molar-refractivity contribution in [2.45, 2.75) is 13.5 Å². The fourth-order valence-electron chi connectivity index (χ4n) is 2.21. The van der Waals surface area contributed by atoms with Crippen LogP contribution in [0.15, 0.2) is 42.6 Å². The van der Waals surface area contributed by atoms with Crippen molar-refractivity contribution in [2.24, 2.45) is 5.73 Å². The van der Waals surface area contributed by atoms with Crippen molar-refractivity contribution >= 4 is 17.2 Å². The molecule has 3 aromatic rings. The summed E-state index contributed by atoms with van der Waals surface area (Å²) in [5.41, 5.74) is 10.9. The van der Waals surface area contributed by atoms with E-state index >= 15 is 0 Å². The van der Waals surface area contributed by atoms with Crippen molar-refractivity contribution in [1.82, 2.24) is 9.38 Å². The number of fused-ring (bicyclic) bond motifs is 1. The fourth-order valence-corrected chi connectivity index (χ4v) is 2.37. The molecule has 0 saturated carbocycles. The second kappa shape index (κ2) is 4.68. The number of pyridine rings is 1. The molecule has 2 N–H and O–H groups in total. The minimum absolute atomic E-state index is 0.421. The minimum atomic E-state index is 0.421. The summed E-state index contributed by atoms with van der Waals surface area (Å²) in [6.07, 6.45) is 1.85. The SMILES string of the molecule is Cc1ccc(-c2nc3ccc(Cl)cn3c2CN)cc1. The van der Waals surface area contributed by atoms with Crippen LogP contribution in [0.5, 0.6) is 0 Å². The summed E-state index contributed by atoms with van der Waals surface area (Å²) < 4.78 is 1.96. The third kappa shape index (κ3) is 2.11. The topological polar surface area (TPSA) is 43.3 Å². The highest BCUT2D eigenvalue weighted by molar-refractivity contribution is 6.30. The maximum absolute atomic E-state index is 6.03. The predicted molar refractivity (Wildman–Crippen MR) is 78.3 cm³/mol. The zero-order valence-electron chi connectivity index (χ0n) is 10.6. The Morgan fingerprint density at radius 3 is 2.58 bits per heavy atom. The van der Waals surface area contributed by atoms with E-state index in [9.17, 15) is 0 Å². The summed E-state index contributed by atoms with van der Waals surface area (Å²) in [7, 11) is 0. The van der Waals surface area contributed by atoms with Gasteiger partial charge in [-0.25, -0.2) is 4.98 Å². The molecule has 0 atom stereocenters. The molecule has 1 aromatic carbocycles. The van der Waals surface area contributed by atoms with Crippen molar-refractivity contribution in [3.05, 3.63) is 58.9 Å². The molecule has 0 unspecified atom stereocenters. The zero-order chi connectivity index (χ0) is 13.4. The molecule has 0 aliphatic carbocycles. The number of halogens is 1. The molecule has 0 radical (unpaired) electrons. The standard InChI is InChI=1S/C15H14ClN3/c1-10-2-4-11(5-3-10)15-13(8-17)19-9-12(16)6-7-14(19)18-15/h2-7,9H,8,17H2,1H3. The van der Waals surface area contributed by atoms with E-state index in [0.29, 0.717) is 11.6 Å². The predicted octanol–water partition coefficient (Wildman–Crippen LogP) is 3.42. The summed E-state index contributed by atoms with van der Waals surface area (Å²) in [5.74, 6) is 0. The first-order chi connectivity index (χ1) is 9.19. The maximum atomic E-state index is 6.03. The molecule has 0 fully saturated rings. The molecule has 0 bridgehead atoms. The molecule has 2 heterocycles. The van der Waals surface area contributed by atoms with Crippen molar-refractivity contribution < 1.29 is 0 Å². The van der Waals surface area contributed by atoms with Gasteiger partial charge in [0, 0.05) is 18.3 Å². The summed E-state index contributed by atoms with van der Waals surface area (Å²) in [5, 5.41) is 0.676. The van der Waals surface area contributed by atoms with E-state index in [2.05, 4.69) is 36.2 Å². The van der Waals surface area contributed by atoms with Crippen LogP contribution < -0.4 is 5.73 Å². The number of hydrogen-bond donors (Lipinski definition) is 1. The van der Waals surface area contributed by atoms with Crippen molar-refractivity contribution in [3.8, 4) is 11.3 Å². The van der Waals surface area contributed by atoms with Crippen LogP contribution in [0, 0.1) is 6.92 Å². The number of aryl methyl sites for hydroxylation is 1. The smallest absolute Gasteiger partial charge is 0.137 e. The summed E-state index contributed by atoms with van der Waals surface area (Å²) in [6.45, 7) is 2.49. The summed E-state index contributed by atoms with van der Waals surface area (Å²) >= 11 is 6.03. The first kappa shape index (κ1) is 12.2. The van der Waals surface area contributed by atoms with E-state index in [1.165, 1.54) is 5.56 Å². The molecular weight excluding hydrogens is 258 g/mol. The maximum Gasteiger partial charge on any atom is 0.137 e. The normalized spacial score (nSPS) is 11.1. The number of hydrogen-bond acceptors (Lipinski definition) is 2. The van der Waals surface area contributed by atoms with Crippen LogP contribution in [-0.2, 0) is 6.54 Å². The van der Waals surface area contributed by atoms with Crippen molar-refractivity contribution in [2.75, 3.05) is 0 Å². The van der Waals surface area contributed by atoms with E-state index in [4.69, 9.17) is 17.3 Å². The molecule has 3 rings (SSSR count). The second-order valence-corrected chi connectivity index (χ2v) is 4.99. The quantitative estimate of drug-likeness (QED) is 0.776. The Bertz CT molecular complexity index is 729. The monoisotopic (exact) mass is 271 g/mol. The first-order valence-electron chi connectivity index (χ1n) is 6.12. The average molecular weight is 272 g/mol. The Morgan fingerprint density at radius 2 is 1.89 bits per heavy atom. The molecule has 96 valence electrons. The molecule has 4 heteroatoms. The molecule has 0 aliphatic rings. The number of imidazole rings is 1. The van der Waals surface area contributed by atoms with Crippen LogP contribution in [0.25, 0.3) is 16.9 Å². The van der Waals surface area contributed by atoms with Gasteiger partial charge in [-0.2, -0.15) is 0 Å². The summed E-state index contributed by atoms with van der Waals surface area (Å²) in [4.78, 5) is 4.65. The van der Waals surface area contributed by atoms with Gasteiger partial charge in [-0.3, -0.25) is 0 Å². The van der Waals surface area contributed by atoms with E-state index < -0.39 is 0 Å². The van der Waals surface area contributed by atoms with Crippen LogP contribution in [0.4, 0.5) is 0 Å². The van der Waals surface area contributed by atoms with Crippen LogP contribution in [0.3, 0.4) is 0 Å². The number of nitrogens with two attached hydrogens (primary N) is 1. The fraction of sp³-hybridized carbons (Fsp3) is 0.133. The number of rotatable bonds is 2. The summed E-state index contributed by atoms with van der Waals surface area (Å²) in [6, 6.07) is 12.0. The lowest BCUT2D eigenvalue weighted by Gasteiger charge is -2.03. The third-order valence-corrected chi connectivity index (χ3v) is 3.42. The van der Waals surface area contributed by atoms with Gasteiger partial charge in [-0.15, -0.1) is 0 Å². The third-order valence-electron chi connectivity index (χ3n) is 3.20. The zero-order valence-corrected chi connectivity index (χ0v) is 11.4. The van der Waals surface area contributed by atoms with Crippen LogP contribution >= 0.6 is 11.6 Å². The van der Waals surface area contributed by atoms with Gasteiger partial charge in [-0.05, 0) is 19.1 Å². The molecule has 19 heavy (non-hydrogen) atoms. The van der Waals surface area contributed by atoms with Crippen molar-refractivity contribution in [1.29, 1.82) is 0 Å². The van der Waals surface area contributed by atoms with Gasteiger partial charge in [0.15, 0.2) is 0 Å². The lowest BCUT2D eigenvalue weighted by atomic mass is 10.1. The number of benzene rings is 1. The Hall–Kier alpha value is -1.84. The van der Waals surface area contributed by atoms with E-state index in [-0.39, 0.29) is 0 Å².